The van der Waals surface area contributed by atoms with Gasteiger partial charge in [-0.15, -0.1) is 0 Å². The lowest BCUT2D eigenvalue weighted by Gasteiger charge is -2.15. The van der Waals surface area contributed by atoms with Gasteiger partial charge in [0.1, 0.15) is 5.75 Å². The molecule has 3 N–H and O–H groups in total. The van der Waals surface area contributed by atoms with Crippen LogP contribution in [0.4, 0.5) is 11.4 Å². The Balaban J connectivity index is 1.29. The van der Waals surface area contributed by atoms with Gasteiger partial charge >= 0.3 is 0 Å². The van der Waals surface area contributed by atoms with Crippen LogP contribution >= 0.6 is 0 Å². The minimum absolute atomic E-state index is 0.182. The molecule has 0 aliphatic carbocycles. The second-order valence-electron chi connectivity index (χ2n) is 9.01. The number of hydrogen-bond donors (Lipinski definition) is 3. The zero-order chi connectivity index (χ0) is 25.7. The monoisotopic (exact) mass is 508 g/mol. The number of unbranched alkanes of at least 4 members (excludes halogenated alkanes) is 1. The van der Waals surface area contributed by atoms with Crippen molar-refractivity contribution >= 4 is 32.3 Å². The van der Waals surface area contributed by atoms with Crippen LogP contribution in [0.15, 0.2) is 71.6 Å². The number of hydrogen-bond acceptors (Lipinski definition) is 6. The summed E-state index contributed by atoms with van der Waals surface area (Å²) in [5.74, 6) is 0.769. The smallest absolute Gasteiger partial charge is 0.261 e. The fraction of sp³-hybridized carbons (Fsp3) is 0.296. The second kappa shape index (κ2) is 11.0. The Morgan fingerprint density at radius 3 is 2.67 bits per heavy atom. The Morgan fingerprint density at radius 2 is 1.86 bits per heavy atom. The van der Waals surface area contributed by atoms with E-state index in [2.05, 4.69) is 14.9 Å². The number of aliphatic hydroxyl groups excluding tert-OH is 1. The predicted molar refractivity (Wildman–Crippen MR) is 143 cm³/mol. The Hall–Kier alpha value is -3.56. The number of sulfonamides is 1. The molecule has 0 unspecified atom stereocenters. The molecule has 0 aliphatic rings. The summed E-state index contributed by atoms with van der Waals surface area (Å²) in [5.41, 5.74) is 3.77. The van der Waals surface area contributed by atoms with Crippen molar-refractivity contribution in [3.63, 3.8) is 0 Å². The first-order valence-corrected chi connectivity index (χ1v) is 13.4. The maximum absolute atomic E-state index is 12.9. The number of aryl methyl sites for hydroxylation is 1. The normalized spacial score (nSPS) is 12.4. The SMILES string of the molecule is Cc1[nH]nc2cc(OCCCC[C@H](O)c3cccc(NS(=O)(=O)c4cccc(N(C)C)c4)c3)ccc12. The summed E-state index contributed by atoms with van der Waals surface area (Å²) in [6, 6.07) is 19.5. The van der Waals surface area contributed by atoms with Gasteiger partial charge in [0, 0.05) is 42.6 Å². The first-order valence-electron chi connectivity index (χ1n) is 11.9. The van der Waals surface area contributed by atoms with Crippen molar-refractivity contribution in [2.45, 2.75) is 37.2 Å². The largest absolute Gasteiger partial charge is 0.494 e. The lowest BCUT2D eigenvalue weighted by Crippen LogP contribution is -2.15. The van der Waals surface area contributed by atoms with E-state index in [1.165, 1.54) is 0 Å². The van der Waals surface area contributed by atoms with E-state index in [9.17, 15) is 13.5 Å². The average Bonchev–Trinajstić information content (AvgIpc) is 3.23. The van der Waals surface area contributed by atoms with Gasteiger partial charge in [0.2, 0.25) is 0 Å². The number of nitrogens with one attached hydrogen (secondary N) is 2. The molecule has 0 fully saturated rings. The Bertz CT molecular complexity index is 1430. The molecule has 9 heteroatoms. The summed E-state index contributed by atoms with van der Waals surface area (Å²) in [5, 5.41) is 19.0. The molecule has 1 aromatic heterocycles. The standard InChI is InChI=1S/C27H32N4O4S/c1-19-25-14-13-23(18-26(25)29-28-19)35-15-5-4-12-27(32)20-8-6-9-21(16-20)30-36(33,34)24-11-7-10-22(17-24)31(2)3/h6-11,13-14,16-18,27,30,32H,4-5,12,15H2,1-3H3,(H,28,29)/t27-/m0/s1. The highest BCUT2D eigenvalue weighted by atomic mass is 32.2. The summed E-state index contributed by atoms with van der Waals surface area (Å²) in [6.45, 7) is 2.52. The molecule has 8 nitrogen and oxygen atoms in total. The maximum atomic E-state index is 12.9. The van der Waals surface area contributed by atoms with Crippen molar-refractivity contribution in [3.8, 4) is 5.75 Å². The molecule has 3 aromatic carbocycles. The van der Waals surface area contributed by atoms with Crippen LogP contribution in [0, 0.1) is 6.92 Å². The molecule has 1 atom stereocenters. The van der Waals surface area contributed by atoms with E-state index in [0.717, 1.165) is 40.9 Å². The van der Waals surface area contributed by atoms with Crippen molar-refractivity contribution in [2.75, 3.05) is 30.3 Å². The van der Waals surface area contributed by atoms with Crippen LogP contribution in [-0.4, -0.2) is 44.4 Å². The number of ether oxygens (including phenoxy) is 1. The van der Waals surface area contributed by atoms with E-state index < -0.39 is 16.1 Å². The number of benzene rings is 3. The van der Waals surface area contributed by atoms with Crippen LogP contribution in [0.2, 0.25) is 0 Å². The van der Waals surface area contributed by atoms with Gasteiger partial charge in [-0.2, -0.15) is 5.10 Å². The van der Waals surface area contributed by atoms with E-state index in [0.29, 0.717) is 24.3 Å². The Labute approximate surface area is 212 Å². The van der Waals surface area contributed by atoms with Crippen LogP contribution < -0.4 is 14.4 Å². The Kier molecular flexibility index (Phi) is 7.81. The van der Waals surface area contributed by atoms with Crippen LogP contribution in [0.5, 0.6) is 5.75 Å². The lowest BCUT2D eigenvalue weighted by molar-refractivity contribution is 0.160. The number of aliphatic hydroxyl groups is 1. The van der Waals surface area contributed by atoms with Crippen LogP contribution in [0.1, 0.15) is 36.6 Å². The van der Waals surface area contributed by atoms with Crippen molar-refractivity contribution in [2.24, 2.45) is 0 Å². The van der Waals surface area contributed by atoms with Gasteiger partial charge in [0.05, 0.1) is 23.1 Å². The number of aromatic amines is 1. The molecule has 1 heterocycles. The molecule has 36 heavy (non-hydrogen) atoms. The van der Waals surface area contributed by atoms with E-state index in [4.69, 9.17) is 4.74 Å². The summed E-state index contributed by atoms with van der Waals surface area (Å²) < 4.78 is 34.2. The fourth-order valence-electron chi connectivity index (χ4n) is 3.96. The van der Waals surface area contributed by atoms with E-state index in [-0.39, 0.29) is 4.90 Å². The molecule has 0 aliphatic heterocycles. The first kappa shape index (κ1) is 25.5. The van der Waals surface area contributed by atoms with Gasteiger partial charge in [0.15, 0.2) is 0 Å². The van der Waals surface area contributed by atoms with Crippen molar-refractivity contribution in [1.29, 1.82) is 0 Å². The average molecular weight is 509 g/mol. The molecule has 0 radical (unpaired) electrons. The molecule has 4 rings (SSSR count). The molecular weight excluding hydrogens is 476 g/mol. The zero-order valence-electron chi connectivity index (χ0n) is 20.7. The molecular formula is C27H32N4O4S. The number of H-pyrrole nitrogens is 1. The quantitative estimate of drug-likeness (QED) is 0.246. The highest BCUT2D eigenvalue weighted by Crippen LogP contribution is 2.26. The van der Waals surface area contributed by atoms with Crippen LogP contribution in [-0.2, 0) is 10.0 Å². The van der Waals surface area contributed by atoms with Gasteiger partial charge in [-0.05, 0) is 74.2 Å². The van der Waals surface area contributed by atoms with E-state index in [1.54, 1.807) is 42.5 Å². The van der Waals surface area contributed by atoms with Gasteiger partial charge in [-0.3, -0.25) is 9.82 Å². The van der Waals surface area contributed by atoms with Gasteiger partial charge in [-0.25, -0.2) is 8.42 Å². The minimum atomic E-state index is -3.76. The van der Waals surface area contributed by atoms with Gasteiger partial charge in [0.25, 0.3) is 10.0 Å². The number of aromatic nitrogens is 2. The first-order chi connectivity index (χ1) is 17.2. The molecule has 0 spiro atoms. The van der Waals surface area contributed by atoms with Crippen molar-refractivity contribution in [1.82, 2.24) is 10.2 Å². The Morgan fingerprint density at radius 1 is 1.06 bits per heavy atom. The highest BCUT2D eigenvalue weighted by Gasteiger charge is 2.16. The van der Waals surface area contributed by atoms with Gasteiger partial charge in [-0.1, -0.05) is 18.2 Å². The topological polar surface area (TPSA) is 108 Å². The molecule has 0 saturated carbocycles. The molecule has 0 bridgehead atoms. The molecule has 0 saturated heterocycles. The number of fused-ring (bicyclic) bond motifs is 1. The third-order valence-corrected chi connectivity index (χ3v) is 7.40. The summed E-state index contributed by atoms with van der Waals surface area (Å²) in [4.78, 5) is 2.03. The van der Waals surface area contributed by atoms with E-state index >= 15 is 0 Å². The number of nitrogens with zero attached hydrogens (tertiary/aromatic N) is 2. The van der Waals surface area contributed by atoms with Crippen LogP contribution in [0.25, 0.3) is 10.9 Å². The molecule has 0 amide bonds. The third-order valence-electron chi connectivity index (χ3n) is 6.03. The maximum Gasteiger partial charge on any atom is 0.261 e. The minimum Gasteiger partial charge on any atom is -0.494 e. The third kappa shape index (κ3) is 6.16. The zero-order valence-corrected chi connectivity index (χ0v) is 21.5. The van der Waals surface area contributed by atoms with Crippen LogP contribution in [0.3, 0.4) is 0 Å². The highest BCUT2D eigenvalue weighted by molar-refractivity contribution is 7.92. The predicted octanol–water partition coefficient (Wildman–Crippen LogP) is 5.02. The summed E-state index contributed by atoms with van der Waals surface area (Å²) >= 11 is 0. The number of anilines is 2. The second-order valence-corrected chi connectivity index (χ2v) is 10.7. The molecule has 190 valence electrons. The van der Waals surface area contributed by atoms with E-state index in [1.807, 2.05) is 50.2 Å². The molecule has 4 aromatic rings. The summed E-state index contributed by atoms with van der Waals surface area (Å²) in [6.07, 6.45) is 1.39. The number of rotatable bonds is 11. The van der Waals surface area contributed by atoms with Gasteiger partial charge < -0.3 is 14.7 Å². The summed E-state index contributed by atoms with van der Waals surface area (Å²) in [7, 11) is -0.0406. The van der Waals surface area contributed by atoms with Crippen molar-refractivity contribution < 1.29 is 18.3 Å². The lowest BCUT2D eigenvalue weighted by atomic mass is 10.0. The van der Waals surface area contributed by atoms with Crippen molar-refractivity contribution in [3.05, 3.63) is 78.0 Å². The fourth-order valence-corrected chi connectivity index (χ4v) is 5.05.